The molecule has 2 aliphatic heterocycles. The van der Waals surface area contributed by atoms with E-state index in [4.69, 9.17) is 40.9 Å². The van der Waals surface area contributed by atoms with Gasteiger partial charge in [0, 0.05) is 12.8 Å². The smallest absolute Gasteiger partial charge is 0.232 e. The summed E-state index contributed by atoms with van der Waals surface area (Å²) in [6, 6.07) is 0. The van der Waals surface area contributed by atoms with E-state index in [0.717, 1.165) is 0 Å². The number of aliphatic hydroxyl groups excluding tert-OH is 4. The lowest BCUT2D eigenvalue weighted by Crippen LogP contribution is -2.19. The van der Waals surface area contributed by atoms with Gasteiger partial charge in [-0.1, -0.05) is 0 Å². The zero-order chi connectivity index (χ0) is 28.4. The Morgan fingerprint density at radius 1 is 0.850 bits per heavy atom. The normalized spacial score (nSPS) is 27.2. The number of fused-ring (bicyclic) bond motifs is 2. The number of aromatic nitrogens is 8. The Kier molecular flexibility index (Phi) is 8.57. The van der Waals surface area contributed by atoms with Crippen LogP contribution in [0.15, 0.2) is 25.3 Å². The van der Waals surface area contributed by atoms with Crippen LogP contribution in [0, 0.1) is 0 Å². The molecule has 3 unspecified atom stereocenters. The molecule has 20 heteroatoms. The average molecular weight is 582 g/mol. The number of ether oxygens (including phenoxy) is 2. The van der Waals surface area contributed by atoms with E-state index in [0.29, 0.717) is 28.7 Å². The van der Waals surface area contributed by atoms with Crippen molar-refractivity contribution in [2.24, 2.45) is 0 Å². The highest BCUT2D eigenvalue weighted by Gasteiger charge is 2.38. The summed E-state index contributed by atoms with van der Waals surface area (Å²) < 4.78 is 18.7. The van der Waals surface area contributed by atoms with Crippen molar-refractivity contribution in [1.29, 1.82) is 0 Å². The summed E-state index contributed by atoms with van der Waals surface area (Å²) >= 11 is 0. The maximum Gasteiger partial charge on any atom is 0.232 e. The average Bonchev–Trinajstić information content (AvgIpc) is 3.73. The van der Waals surface area contributed by atoms with Crippen LogP contribution in [0.4, 0.5) is 11.6 Å². The summed E-state index contributed by atoms with van der Waals surface area (Å²) in [4.78, 5) is 38.0. The van der Waals surface area contributed by atoms with Crippen molar-refractivity contribution in [3.05, 3.63) is 25.3 Å². The summed E-state index contributed by atoms with van der Waals surface area (Å²) in [6.45, 7) is -0.128. The highest BCUT2D eigenvalue weighted by molar-refractivity contribution is 7.45. The molecule has 6 heterocycles. The lowest BCUT2D eigenvalue weighted by molar-refractivity contribution is -0.318. The second-order valence-corrected chi connectivity index (χ2v) is 9.86. The Bertz CT molecular complexity index is 1440. The molecule has 2 fully saturated rings. The molecule has 4 aromatic rings. The Hall–Kier alpha value is -3.23. The van der Waals surface area contributed by atoms with Crippen LogP contribution in [0.2, 0.25) is 0 Å². The number of nitrogen functional groups attached to an aromatic ring is 2. The van der Waals surface area contributed by atoms with E-state index in [9.17, 15) is 10.2 Å². The van der Waals surface area contributed by atoms with Gasteiger partial charge >= 0.3 is 0 Å². The second-order valence-electron chi connectivity index (χ2n) is 8.72. The van der Waals surface area contributed by atoms with Gasteiger partial charge in [0.1, 0.15) is 42.2 Å². The van der Waals surface area contributed by atoms with Gasteiger partial charge < -0.3 is 46.3 Å². The van der Waals surface area contributed by atoms with Gasteiger partial charge in [-0.3, -0.25) is 9.13 Å². The first kappa shape index (κ1) is 28.3. The molecule has 0 radical (unpaired) electrons. The molecule has 0 bridgehead atoms. The molecule has 0 amide bonds. The van der Waals surface area contributed by atoms with Crippen LogP contribution in [0.25, 0.3) is 22.3 Å². The van der Waals surface area contributed by atoms with Crippen molar-refractivity contribution in [3.63, 3.8) is 0 Å². The molecule has 2 aliphatic rings. The third-order valence-electron chi connectivity index (χ3n) is 6.10. The summed E-state index contributed by atoms with van der Waals surface area (Å²) in [5, 5.41) is 37.7. The minimum Gasteiger partial charge on any atom is -0.394 e. The monoisotopic (exact) mass is 582 g/mol. The Labute approximate surface area is 225 Å². The summed E-state index contributed by atoms with van der Waals surface area (Å²) in [5.41, 5.74) is 13.2. The fourth-order valence-electron chi connectivity index (χ4n) is 4.26. The molecule has 4 aromatic heterocycles. The van der Waals surface area contributed by atoms with Gasteiger partial charge in [-0.2, -0.15) is 9.56 Å². The molecule has 6 rings (SSSR count). The molecular formula is C20H27N10O9P. The van der Waals surface area contributed by atoms with Crippen molar-refractivity contribution >= 4 is 42.3 Å². The lowest BCUT2D eigenvalue weighted by Gasteiger charge is -2.16. The van der Waals surface area contributed by atoms with Crippen LogP contribution in [0.1, 0.15) is 25.3 Å². The largest absolute Gasteiger partial charge is 0.394 e. The maximum absolute atomic E-state index is 10.1. The molecule has 0 aromatic carbocycles. The molecule has 0 spiro atoms. The second kappa shape index (κ2) is 12.1. The lowest BCUT2D eigenvalue weighted by atomic mass is 10.2. The highest BCUT2D eigenvalue weighted by Crippen LogP contribution is 2.36. The van der Waals surface area contributed by atoms with Gasteiger partial charge in [0.2, 0.25) is 8.38 Å². The van der Waals surface area contributed by atoms with Gasteiger partial charge in [-0.15, -0.1) is 0 Å². The number of nitrogens with zero attached hydrogens (tertiary/aromatic N) is 8. The highest BCUT2D eigenvalue weighted by atomic mass is 31.2. The molecule has 0 aliphatic carbocycles. The number of nitrogens with two attached hydrogens (primary N) is 2. The summed E-state index contributed by atoms with van der Waals surface area (Å²) in [5.74, 6) is 0.506. The van der Waals surface area contributed by atoms with E-state index in [1.807, 2.05) is 0 Å². The van der Waals surface area contributed by atoms with Crippen LogP contribution < -0.4 is 11.5 Å². The Morgan fingerprint density at radius 3 is 1.93 bits per heavy atom. The van der Waals surface area contributed by atoms with Crippen molar-refractivity contribution < 1.29 is 44.4 Å². The fraction of sp³-hybridized carbons (Fsp3) is 0.500. The van der Waals surface area contributed by atoms with Crippen molar-refractivity contribution in [1.82, 2.24) is 39.0 Å². The molecule has 40 heavy (non-hydrogen) atoms. The third-order valence-corrected chi connectivity index (χ3v) is 6.60. The van der Waals surface area contributed by atoms with E-state index in [1.54, 1.807) is 4.57 Å². The van der Waals surface area contributed by atoms with Gasteiger partial charge in [-0.05, 0) is 0 Å². The zero-order valence-electron chi connectivity index (χ0n) is 20.7. The van der Waals surface area contributed by atoms with E-state index in [1.165, 1.54) is 29.9 Å². The van der Waals surface area contributed by atoms with E-state index in [-0.39, 0.29) is 30.8 Å². The molecule has 7 atom stereocenters. The summed E-state index contributed by atoms with van der Waals surface area (Å²) in [6.07, 6.45) is 1.18. The van der Waals surface area contributed by atoms with Gasteiger partial charge in [0.15, 0.2) is 41.7 Å². The quantitative estimate of drug-likeness (QED) is 0.0723. The number of anilines is 2. The molecule has 19 nitrogen and oxygen atoms in total. The topological polar surface area (TPSA) is 277 Å². The first-order chi connectivity index (χ1) is 19.3. The summed E-state index contributed by atoms with van der Waals surface area (Å²) in [7, 11) is -2.09. The standard InChI is InChI=1S/C10H14N5O6P.C10H13N5O3/c11-8-7-9(13-2-12-8)15(3-14-7)10-5(17)1-6(19-10)20-21-22(18)4-16;11-8-7-9(13-3-12-8)15(4-14-7)10-6(17)1-5(2-16)18-10/h2-3,5-6,10,16-18H,1,4H2,(H2,11,12,13);3-6,10,16-17H,1-2H2,(H2,11,12,13)/t5?,6-,10-,22?;5-,6?,10+/m10/s1. The minimum absolute atomic E-state index is 0.111. The molecule has 2 saturated heterocycles. The van der Waals surface area contributed by atoms with Crippen molar-refractivity contribution in [2.45, 2.75) is 49.9 Å². The van der Waals surface area contributed by atoms with Crippen LogP contribution in [-0.2, 0) is 19.0 Å². The minimum atomic E-state index is -2.09. The first-order valence-electron chi connectivity index (χ1n) is 11.8. The molecule has 9 N–H and O–H groups in total. The number of hydrogen-bond acceptors (Lipinski definition) is 17. The third kappa shape index (κ3) is 5.65. The van der Waals surface area contributed by atoms with Crippen molar-refractivity contribution in [2.75, 3.05) is 24.4 Å². The van der Waals surface area contributed by atoms with Crippen LogP contribution in [0.3, 0.4) is 0 Å². The van der Waals surface area contributed by atoms with E-state index in [2.05, 4.69) is 34.6 Å². The fourth-order valence-corrected chi connectivity index (χ4v) is 4.50. The van der Waals surface area contributed by atoms with Crippen molar-refractivity contribution in [3.8, 4) is 0 Å². The zero-order valence-corrected chi connectivity index (χ0v) is 21.5. The van der Waals surface area contributed by atoms with Gasteiger partial charge in [0.05, 0.1) is 25.4 Å². The number of aliphatic hydroxyl groups is 4. The molecular weight excluding hydrogens is 555 g/mol. The van der Waals surface area contributed by atoms with Gasteiger partial charge in [0.25, 0.3) is 0 Å². The number of rotatable bonds is 7. The first-order valence-corrected chi connectivity index (χ1v) is 13.2. The number of hydrogen-bond donors (Lipinski definition) is 7. The van der Waals surface area contributed by atoms with Gasteiger partial charge in [-0.25, -0.2) is 29.9 Å². The SMILES string of the molecule is Nc1ncnc2c1ncn2[C@@H]1O[C@H](CO)CC1O.Nc1ncnc2c1ncn2[C@@H]1O[C@H](OOP(O)CO)CC1O. The van der Waals surface area contributed by atoms with E-state index >= 15 is 0 Å². The van der Waals surface area contributed by atoms with Crippen LogP contribution in [-0.4, -0.2) is 102 Å². The maximum atomic E-state index is 10.1. The Balaban J connectivity index is 0.000000164. The molecule has 216 valence electrons. The predicted octanol–water partition coefficient (Wildman–Crippen LogP) is -1.73. The van der Waals surface area contributed by atoms with Crippen LogP contribution in [0.5, 0.6) is 0 Å². The Morgan fingerprint density at radius 2 is 1.40 bits per heavy atom. The van der Waals surface area contributed by atoms with Crippen LogP contribution >= 0.6 is 8.38 Å². The number of imidazole rings is 2. The molecule has 0 saturated carbocycles. The predicted molar refractivity (Wildman–Crippen MR) is 134 cm³/mol. The van der Waals surface area contributed by atoms with E-state index < -0.39 is 45.7 Å².